The Bertz CT molecular complexity index is 150. The number of rotatable bonds is 3. The van der Waals surface area contributed by atoms with Crippen LogP contribution in [0, 0.1) is 5.92 Å². The molecule has 2 atom stereocenters. The average molecular weight is 186 g/mol. The predicted octanol–water partition coefficient (Wildman–Crippen LogP) is 0.297. The molecule has 1 heterocycles. The number of aliphatic hydroxyl groups is 1. The van der Waals surface area contributed by atoms with E-state index in [1.807, 2.05) is 0 Å². The van der Waals surface area contributed by atoms with Gasteiger partial charge in [0, 0.05) is 31.7 Å². The second-order valence-electron chi connectivity index (χ2n) is 4.33. The highest BCUT2D eigenvalue weighted by Crippen LogP contribution is 2.11. The van der Waals surface area contributed by atoms with Crippen molar-refractivity contribution in [3.8, 4) is 0 Å². The van der Waals surface area contributed by atoms with Gasteiger partial charge in [-0.2, -0.15) is 0 Å². The highest BCUT2D eigenvalue weighted by Gasteiger charge is 2.25. The number of piperazine rings is 1. The van der Waals surface area contributed by atoms with E-state index in [1.165, 1.54) is 0 Å². The van der Waals surface area contributed by atoms with E-state index < -0.39 is 0 Å². The molecule has 1 rings (SSSR count). The Kier molecular flexibility index (Phi) is 4.16. The molecule has 2 unspecified atom stereocenters. The van der Waals surface area contributed by atoms with E-state index in [4.69, 9.17) is 5.11 Å². The van der Waals surface area contributed by atoms with E-state index in [1.54, 1.807) is 0 Å². The Labute approximate surface area is 81.1 Å². The summed E-state index contributed by atoms with van der Waals surface area (Å²) in [6.45, 7) is 9.89. The molecule has 2 N–H and O–H groups in total. The number of hydrogen-bond donors (Lipinski definition) is 2. The van der Waals surface area contributed by atoms with Gasteiger partial charge in [-0.25, -0.2) is 0 Å². The minimum absolute atomic E-state index is 0.273. The van der Waals surface area contributed by atoms with Crippen LogP contribution in [0.5, 0.6) is 0 Å². The van der Waals surface area contributed by atoms with Crippen LogP contribution in [0.2, 0.25) is 0 Å². The zero-order valence-corrected chi connectivity index (χ0v) is 8.95. The molecular weight excluding hydrogens is 164 g/mol. The quantitative estimate of drug-likeness (QED) is 0.665. The van der Waals surface area contributed by atoms with Crippen molar-refractivity contribution in [2.75, 3.05) is 26.2 Å². The Morgan fingerprint density at radius 2 is 2.23 bits per heavy atom. The summed E-state index contributed by atoms with van der Waals surface area (Å²) < 4.78 is 0. The van der Waals surface area contributed by atoms with Crippen molar-refractivity contribution in [2.45, 2.75) is 32.9 Å². The molecule has 3 nitrogen and oxygen atoms in total. The first-order valence-electron chi connectivity index (χ1n) is 5.23. The van der Waals surface area contributed by atoms with E-state index >= 15 is 0 Å². The van der Waals surface area contributed by atoms with Crippen molar-refractivity contribution in [3.63, 3.8) is 0 Å². The Morgan fingerprint density at radius 3 is 2.77 bits per heavy atom. The molecule has 1 aliphatic heterocycles. The van der Waals surface area contributed by atoms with Crippen LogP contribution in [-0.2, 0) is 0 Å². The summed E-state index contributed by atoms with van der Waals surface area (Å²) in [7, 11) is 0. The first-order chi connectivity index (χ1) is 6.15. The second-order valence-corrected chi connectivity index (χ2v) is 4.33. The minimum atomic E-state index is 0.273. The molecule has 1 saturated heterocycles. The van der Waals surface area contributed by atoms with E-state index in [-0.39, 0.29) is 6.61 Å². The maximum atomic E-state index is 8.90. The van der Waals surface area contributed by atoms with Gasteiger partial charge in [0.05, 0.1) is 6.61 Å². The molecule has 0 saturated carbocycles. The van der Waals surface area contributed by atoms with Crippen molar-refractivity contribution in [1.29, 1.82) is 0 Å². The fourth-order valence-electron chi connectivity index (χ4n) is 1.83. The molecular formula is C10H22N2O. The van der Waals surface area contributed by atoms with Gasteiger partial charge in [0.2, 0.25) is 0 Å². The van der Waals surface area contributed by atoms with Crippen molar-refractivity contribution < 1.29 is 5.11 Å². The van der Waals surface area contributed by atoms with Crippen LogP contribution in [-0.4, -0.2) is 48.3 Å². The topological polar surface area (TPSA) is 35.5 Å². The third kappa shape index (κ3) is 2.93. The van der Waals surface area contributed by atoms with Crippen LogP contribution < -0.4 is 5.32 Å². The smallest absolute Gasteiger partial charge is 0.0558 e. The van der Waals surface area contributed by atoms with Gasteiger partial charge in [-0.15, -0.1) is 0 Å². The van der Waals surface area contributed by atoms with Gasteiger partial charge in [-0.3, -0.25) is 4.90 Å². The molecule has 0 bridgehead atoms. The molecule has 78 valence electrons. The molecule has 0 aromatic carbocycles. The maximum absolute atomic E-state index is 8.90. The summed E-state index contributed by atoms with van der Waals surface area (Å²) in [6, 6.07) is 1.14. The Morgan fingerprint density at radius 1 is 1.54 bits per heavy atom. The third-order valence-corrected chi connectivity index (χ3v) is 2.92. The highest BCUT2D eigenvalue weighted by atomic mass is 16.3. The zero-order valence-electron chi connectivity index (χ0n) is 8.95. The molecule has 1 fully saturated rings. The van der Waals surface area contributed by atoms with Gasteiger partial charge >= 0.3 is 0 Å². The highest BCUT2D eigenvalue weighted by molar-refractivity contribution is 4.85. The zero-order chi connectivity index (χ0) is 9.84. The lowest BCUT2D eigenvalue weighted by Crippen LogP contribution is -2.57. The number of nitrogens with one attached hydrogen (secondary N) is 1. The Balaban J connectivity index is 2.42. The van der Waals surface area contributed by atoms with Gasteiger partial charge in [0.25, 0.3) is 0 Å². The average Bonchev–Trinajstić information content (AvgIpc) is 2.08. The molecule has 1 aliphatic rings. The molecule has 0 aromatic rings. The van der Waals surface area contributed by atoms with Gasteiger partial charge in [-0.05, 0) is 12.8 Å². The van der Waals surface area contributed by atoms with Gasteiger partial charge in [0.15, 0.2) is 0 Å². The monoisotopic (exact) mass is 186 g/mol. The molecule has 13 heavy (non-hydrogen) atoms. The lowest BCUT2D eigenvalue weighted by molar-refractivity contribution is 0.0996. The number of hydrogen-bond acceptors (Lipinski definition) is 3. The standard InChI is InChI=1S/C10H22N2O/c1-8(2)10-7-12(4-5-13)9(3)6-11-10/h8-11,13H,4-7H2,1-3H3. The van der Waals surface area contributed by atoms with E-state index in [2.05, 4.69) is 31.0 Å². The molecule has 0 radical (unpaired) electrons. The van der Waals surface area contributed by atoms with Crippen molar-refractivity contribution >= 4 is 0 Å². The summed E-state index contributed by atoms with van der Waals surface area (Å²) >= 11 is 0. The van der Waals surface area contributed by atoms with Gasteiger partial charge in [-0.1, -0.05) is 13.8 Å². The van der Waals surface area contributed by atoms with Gasteiger partial charge in [0.1, 0.15) is 0 Å². The van der Waals surface area contributed by atoms with Crippen LogP contribution >= 0.6 is 0 Å². The Hall–Kier alpha value is -0.120. The SMILES string of the molecule is CC(C)C1CN(CCO)C(C)CN1. The van der Waals surface area contributed by atoms with E-state index in [0.717, 1.165) is 19.6 Å². The number of nitrogens with zero attached hydrogens (tertiary/aromatic N) is 1. The van der Waals surface area contributed by atoms with Crippen molar-refractivity contribution in [1.82, 2.24) is 10.2 Å². The fraction of sp³-hybridized carbons (Fsp3) is 1.00. The summed E-state index contributed by atoms with van der Waals surface area (Å²) in [5.41, 5.74) is 0. The molecule has 0 aliphatic carbocycles. The van der Waals surface area contributed by atoms with E-state index in [0.29, 0.717) is 18.0 Å². The summed E-state index contributed by atoms with van der Waals surface area (Å²) in [5.74, 6) is 0.675. The van der Waals surface area contributed by atoms with Crippen molar-refractivity contribution in [3.05, 3.63) is 0 Å². The second kappa shape index (κ2) is 4.94. The fourth-order valence-corrected chi connectivity index (χ4v) is 1.83. The van der Waals surface area contributed by atoms with Crippen molar-refractivity contribution in [2.24, 2.45) is 5.92 Å². The van der Waals surface area contributed by atoms with E-state index in [9.17, 15) is 0 Å². The van der Waals surface area contributed by atoms with Crippen LogP contribution in [0.15, 0.2) is 0 Å². The van der Waals surface area contributed by atoms with Crippen LogP contribution in [0.4, 0.5) is 0 Å². The van der Waals surface area contributed by atoms with Crippen LogP contribution in [0.3, 0.4) is 0 Å². The van der Waals surface area contributed by atoms with Crippen LogP contribution in [0.25, 0.3) is 0 Å². The molecule has 0 aromatic heterocycles. The molecule has 0 amide bonds. The van der Waals surface area contributed by atoms with Gasteiger partial charge < -0.3 is 10.4 Å². The summed E-state index contributed by atoms with van der Waals surface area (Å²) in [5, 5.41) is 12.4. The predicted molar refractivity (Wildman–Crippen MR) is 54.7 cm³/mol. The molecule has 0 spiro atoms. The number of aliphatic hydroxyl groups excluding tert-OH is 1. The summed E-state index contributed by atoms with van der Waals surface area (Å²) in [4.78, 5) is 2.36. The maximum Gasteiger partial charge on any atom is 0.0558 e. The molecule has 3 heteroatoms. The minimum Gasteiger partial charge on any atom is -0.395 e. The first-order valence-corrected chi connectivity index (χ1v) is 5.23. The normalized spacial score (nSPS) is 31.2. The van der Waals surface area contributed by atoms with Crippen LogP contribution in [0.1, 0.15) is 20.8 Å². The first kappa shape index (κ1) is 11.0. The third-order valence-electron chi connectivity index (χ3n) is 2.92. The summed E-state index contributed by atoms with van der Waals surface area (Å²) in [6.07, 6.45) is 0. The lowest BCUT2D eigenvalue weighted by Gasteiger charge is -2.40. The number of β-amino-alcohol motifs (C(OH)–C–C–N with tert-alkyl or cyclic N) is 1. The largest absolute Gasteiger partial charge is 0.395 e. The lowest BCUT2D eigenvalue weighted by atomic mass is 10.00.